The van der Waals surface area contributed by atoms with Gasteiger partial charge in [-0.3, -0.25) is 15.1 Å². The van der Waals surface area contributed by atoms with E-state index in [1.807, 2.05) is 32.9 Å². The molecule has 20 heavy (non-hydrogen) atoms. The van der Waals surface area contributed by atoms with Gasteiger partial charge in [0.15, 0.2) is 0 Å². The van der Waals surface area contributed by atoms with Gasteiger partial charge in [0.1, 0.15) is 0 Å². The summed E-state index contributed by atoms with van der Waals surface area (Å²) in [7, 11) is 0. The SMILES string of the molecule is CC(C)(C)Nc1nc(-c2ccncc2)ccc1[N+](=O)[O-]. The fourth-order valence-corrected chi connectivity index (χ4v) is 1.73. The summed E-state index contributed by atoms with van der Waals surface area (Å²) in [6.45, 7) is 5.78. The van der Waals surface area contributed by atoms with Gasteiger partial charge in [0.05, 0.1) is 10.6 Å². The lowest BCUT2D eigenvalue weighted by Crippen LogP contribution is -2.27. The van der Waals surface area contributed by atoms with Crippen LogP contribution in [0, 0.1) is 10.1 Å². The van der Waals surface area contributed by atoms with E-state index in [9.17, 15) is 10.1 Å². The molecular weight excluding hydrogens is 256 g/mol. The van der Waals surface area contributed by atoms with Crippen molar-refractivity contribution < 1.29 is 4.92 Å². The smallest absolute Gasteiger partial charge is 0.311 e. The van der Waals surface area contributed by atoms with Crippen LogP contribution in [0.4, 0.5) is 11.5 Å². The summed E-state index contributed by atoms with van der Waals surface area (Å²) in [5.74, 6) is 0.275. The van der Waals surface area contributed by atoms with Gasteiger partial charge in [-0.15, -0.1) is 0 Å². The number of nitro groups is 1. The first kappa shape index (κ1) is 13.9. The Labute approximate surface area is 117 Å². The molecule has 0 aliphatic carbocycles. The summed E-state index contributed by atoms with van der Waals surface area (Å²) in [6, 6.07) is 6.74. The Balaban J connectivity index is 2.48. The largest absolute Gasteiger partial charge is 0.360 e. The average molecular weight is 272 g/mol. The van der Waals surface area contributed by atoms with Gasteiger partial charge in [-0.05, 0) is 39.0 Å². The van der Waals surface area contributed by atoms with E-state index in [1.165, 1.54) is 6.07 Å². The van der Waals surface area contributed by atoms with Crippen LogP contribution >= 0.6 is 0 Å². The number of nitrogens with one attached hydrogen (secondary N) is 1. The van der Waals surface area contributed by atoms with Gasteiger partial charge < -0.3 is 5.32 Å². The van der Waals surface area contributed by atoms with Crippen LogP contribution in [0.3, 0.4) is 0 Å². The lowest BCUT2D eigenvalue weighted by molar-refractivity contribution is -0.384. The highest BCUT2D eigenvalue weighted by molar-refractivity contribution is 5.66. The molecule has 1 N–H and O–H groups in total. The van der Waals surface area contributed by atoms with Crippen molar-refractivity contribution >= 4 is 11.5 Å². The third-order valence-electron chi connectivity index (χ3n) is 2.54. The van der Waals surface area contributed by atoms with Gasteiger partial charge in [0, 0.05) is 29.6 Å². The van der Waals surface area contributed by atoms with Crippen LogP contribution in [0.2, 0.25) is 0 Å². The summed E-state index contributed by atoms with van der Waals surface area (Å²) < 4.78 is 0. The van der Waals surface area contributed by atoms with Crippen molar-refractivity contribution in [1.29, 1.82) is 0 Å². The van der Waals surface area contributed by atoms with Gasteiger partial charge in [0.25, 0.3) is 0 Å². The van der Waals surface area contributed by atoms with Crippen molar-refractivity contribution in [1.82, 2.24) is 9.97 Å². The first-order chi connectivity index (χ1) is 9.37. The van der Waals surface area contributed by atoms with E-state index >= 15 is 0 Å². The highest BCUT2D eigenvalue weighted by Gasteiger charge is 2.21. The number of rotatable bonds is 3. The minimum Gasteiger partial charge on any atom is -0.360 e. The molecule has 2 rings (SSSR count). The molecule has 2 aromatic heterocycles. The molecule has 0 saturated carbocycles. The molecule has 2 heterocycles. The quantitative estimate of drug-likeness (QED) is 0.685. The van der Waals surface area contributed by atoms with Crippen molar-refractivity contribution in [2.75, 3.05) is 5.32 Å². The van der Waals surface area contributed by atoms with Gasteiger partial charge in [0.2, 0.25) is 5.82 Å². The fourth-order valence-electron chi connectivity index (χ4n) is 1.73. The van der Waals surface area contributed by atoms with Crippen LogP contribution < -0.4 is 5.32 Å². The van der Waals surface area contributed by atoms with Crippen LogP contribution in [0.15, 0.2) is 36.7 Å². The van der Waals surface area contributed by atoms with E-state index in [4.69, 9.17) is 0 Å². The van der Waals surface area contributed by atoms with Crippen molar-refractivity contribution in [3.63, 3.8) is 0 Å². The second-order valence-corrected chi connectivity index (χ2v) is 5.43. The number of anilines is 1. The third kappa shape index (κ3) is 3.28. The topological polar surface area (TPSA) is 81.0 Å². The molecule has 0 bridgehead atoms. The Morgan fingerprint density at radius 2 is 1.80 bits per heavy atom. The lowest BCUT2D eigenvalue weighted by atomic mass is 10.1. The van der Waals surface area contributed by atoms with Crippen LogP contribution in [-0.4, -0.2) is 20.4 Å². The Morgan fingerprint density at radius 3 is 2.35 bits per heavy atom. The summed E-state index contributed by atoms with van der Waals surface area (Å²) in [5, 5.41) is 14.1. The molecule has 104 valence electrons. The van der Waals surface area contributed by atoms with E-state index < -0.39 is 4.92 Å². The van der Waals surface area contributed by atoms with Gasteiger partial charge in [-0.2, -0.15) is 0 Å². The van der Waals surface area contributed by atoms with Crippen molar-refractivity contribution in [2.45, 2.75) is 26.3 Å². The molecule has 0 aromatic carbocycles. The summed E-state index contributed by atoms with van der Waals surface area (Å²) in [5.41, 5.74) is 1.20. The molecule has 0 saturated heterocycles. The molecule has 0 amide bonds. The molecule has 6 nitrogen and oxygen atoms in total. The van der Waals surface area contributed by atoms with Crippen LogP contribution in [-0.2, 0) is 0 Å². The monoisotopic (exact) mass is 272 g/mol. The minimum absolute atomic E-state index is 0.0299. The molecular formula is C14H16N4O2. The zero-order chi connectivity index (χ0) is 14.8. The Morgan fingerprint density at radius 1 is 1.15 bits per heavy atom. The predicted molar refractivity (Wildman–Crippen MR) is 77.5 cm³/mol. The van der Waals surface area contributed by atoms with Gasteiger partial charge >= 0.3 is 5.69 Å². The molecule has 0 aliphatic rings. The van der Waals surface area contributed by atoms with Crippen LogP contribution in [0.25, 0.3) is 11.3 Å². The molecule has 0 atom stereocenters. The first-order valence-electron chi connectivity index (χ1n) is 6.21. The van der Waals surface area contributed by atoms with Crippen LogP contribution in [0.5, 0.6) is 0 Å². The van der Waals surface area contributed by atoms with E-state index in [0.717, 1.165) is 5.56 Å². The van der Waals surface area contributed by atoms with E-state index in [1.54, 1.807) is 18.5 Å². The zero-order valence-electron chi connectivity index (χ0n) is 11.6. The molecule has 0 unspecified atom stereocenters. The number of pyridine rings is 2. The van der Waals surface area contributed by atoms with E-state index in [0.29, 0.717) is 5.69 Å². The molecule has 0 radical (unpaired) electrons. The maximum atomic E-state index is 11.1. The van der Waals surface area contributed by atoms with E-state index in [2.05, 4.69) is 15.3 Å². The molecule has 0 aliphatic heterocycles. The Hall–Kier alpha value is -2.50. The average Bonchev–Trinajstić information content (AvgIpc) is 2.37. The Kier molecular flexibility index (Phi) is 3.65. The summed E-state index contributed by atoms with van der Waals surface area (Å²) in [4.78, 5) is 19.0. The second kappa shape index (κ2) is 5.24. The molecule has 2 aromatic rings. The number of nitrogens with zero attached hydrogens (tertiary/aromatic N) is 3. The van der Waals surface area contributed by atoms with E-state index in [-0.39, 0.29) is 17.0 Å². The minimum atomic E-state index is -0.433. The zero-order valence-corrected chi connectivity index (χ0v) is 11.6. The third-order valence-corrected chi connectivity index (χ3v) is 2.54. The highest BCUT2D eigenvalue weighted by atomic mass is 16.6. The van der Waals surface area contributed by atoms with Crippen molar-refractivity contribution in [3.05, 3.63) is 46.8 Å². The van der Waals surface area contributed by atoms with Gasteiger partial charge in [-0.1, -0.05) is 0 Å². The normalized spacial score (nSPS) is 11.2. The maximum absolute atomic E-state index is 11.1. The predicted octanol–water partition coefficient (Wildman–Crippen LogP) is 3.26. The fraction of sp³-hybridized carbons (Fsp3) is 0.286. The summed E-state index contributed by atoms with van der Waals surface area (Å²) >= 11 is 0. The standard InChI is InChI=1S/C14H16N4O2/c1-14(2,3)17-13-12(18(19)20)5-4-11(16-13)10-6-8-15-9-7-10/h4-9H,1-3H3,(H,16,17). The molecule has 6 heteroatoms. The van der Waals surface area contributed by atoms with Crippen molar-refractivity contribution in [3.8, 4) is 11.3 Å². The second-order valence-electron chi connectivity index (χ2n) is 5.43. The van der Waals surface area contributed by atoms with Crippen molar-refractivity contribution in [2.24, 2.45) is 0 Å². The molecule has 0 fully saturated rings. The van der Waals surface area contributed by atoms with Gasteiger partial charge in [-0.25, -0.2) is 4.98 Å². The highest BCUT2D eigenvalue weighted by Crippen LogP contribution is 2.28. The number of hydrogen-bond acceptors (Lipinski definition) is 5. The Bertz CT molecular complexity index is 621. The lowest BCUT2D eigenvalue weighted by Gasteiger charge is -2.21. The maximum Gasteiger partial charge on any atom is 0.311 e. The molecule has 0 spiro atoms. The first-order valence-corrected chi connectivity index (χ1v) is 6.21. The summed E-state index contributed by atoms with van der Waals surface area (Å²) in [6.07, 6.45) is 3.32. The number of hydrogen-bond donors (Lipinski definition) is 1. The van der Waals surface area contributed by atoms with Crippen LogP contribution in [0.1, 0.15) is 20.8 Å². The number of aromatic nitrogens is 2.